The molecular formula is C19H19NO3S. The van der Waals surface area contributed by atoms with E-state index >= 15 is 0 Å². The third-order valence-electron chi connectivity index (χ3n) is 4.69. The average molecular weight is 341 g/mol. The summed E-state index contributed by atoms with van der Waals surface area (Å²) in [5.41, 5.74) is 0.810. The van der Waals surface area contributed by atoms with Crippen molar-refractivity contribution in [2.75, 3.05) is 13.7 Å². The van der Waals surface area contributed by atoms with Crippen molar-refractivity contribution in [2.45, 2.75) is 23.0 Å². The third-order valence-corrected chi connectivity index (χ3v) is 6.98. The van der Waals surface area contributed by atoms with E-state index in [1.165, 1.54) is 7.11 Å². The highest BCUT2D eigenvalue weighted by Crippen LogP contribution is 2.63. The van der Waals surface area contributed by atoms with E-state index in [0.717, 1.165) is 11.1 Å². The van der Waals surface area contributed by atoms with E-state index in [4.69, 9.17) is 4.74 Å². The molecule has 0 unspecified atom stereocenters. The van der Waals surface area contributed by atoms with E-state index in [-0.39, 0.29) is 17.4 Å². The van der Waals surface area contributed by atoms with Gasteiger partial charge < -0.3 is 4.74 Å². The van der Waals surface area contributed by atoms with E-state index < -0.39 is 20.5 Å². The summed E-state index contributed by atoms with van der Waals surface area (Å²) in [6.45, 7) is 2.00. The molecule has 1 aliphatic carbocycles. The van der Waals surface area contributed by atoms with Gasteiger partial charge in [-0.15, -0.1) is 0 Å². The van der Waals surface area contributed by atoms with Crippen LogP contribution in [0.3, 0.4) is 0 Å². The Morgan fingerprint density at radius 3 is 2.29 bits per heavy atom. The number of nitrogens with zero attached hydrogens (tertiary/aromatic N) is 1. The van der Waals surface area contributed by atoms with Gasteiger partial charge in [-0.2, -0.15) is 5.26 Å². The number of ether oxygens (including phenoxy) is 1. The van der Waals surface area contributed by atoms with Gasteiger partial charge in [-0.25, -0.2) is 8.42 Å². The summed E-state index contributed by atoms with van der Waals surface area (Å²) >= 11 is 0. The zero-order valence-corrected chi connectivity index (χ0v) is 14.5. The van der Waals surface area contributed by atoms with Gasteiger partial charge in [-0.05, 0) is 24.6 Å². The van der Waals surface area contributed by atoms with E-state index in [2.05, 4.69) is 6.07 Å². The quantitative estimate of drug-likeness (QED) is 0.838. The van der Waals surface area contributed by atoms with Crippen LogP contribution in [-0.4, -0.2) is 27.4 Å². The van der Waals surface area contributed by atoms with Crippen molar-refractivity contribution in [3.05, 3.63) is 65.7 Å². The molecule has 1 aliphatic rings. The van der Waals surface area contributed by atoms with Gasteiger partial charge in [0.1, 0.15) is 5.41 Å². The molecule has 2 aromatic carbocycles. The number of hydrogen-bond donors (Lipinski definition) is 0. The molecule has 0 bridgehead atoms. The van der Waals surface area contributed by atoms with Crippen molar-refractivity contribution in [3.63, 3.8) is 0 Å². The maximum atomic E-state index is 13.1. The first kappa shape index (κ1) is 16.7. The lowest BCUT2D eigenvalue weighted by Gasteiger charge is -2.08. The first-order valence-corrected chi connectivity index (χ1v) is 9.27. The van der Waals surface area contributed by atoms with Gasteiger partial charge in [0, 0.05) is 13.0 Å². The van der Waals surface area contributed by atoms with Crippen molar-refractivity contribution in [1.29, 1.82) is 5.26 Å². The summed E-state index contributed by atoms with van der Waals surface area (Å²) in [5.74, 6) is -0.380. The fraction of sp³-hybridized carbons (Fsp3) is 0.316. The van der Waals surface area contributed by atoms with E-state index in [1.807, 2.05) is 37.3 Å². The zero-order valence-electron chi connectivity index (χ0n) is 13.6. The molecule has 0 aliphatic heterocycles. The minimum absolute atomic E-state index is 0.0961. The molecule has 1 saturated carbocycles. The summed E-state index contributed by atoms with van der Waals surface area (Å²) < 4.78 is 31.5. The number of methoxy groups -OCH3 is 1. The lowest BCUT2D eigenvalue weighted by Crippen LogP contribution is -2.19. The Kier molecular flexibility index (Phi) is 4.20. The van der Waals surface area contributed by atoms with E-state index in [1.54, 1.807) is 24.3 Å². The molecule has 4 nitrogen and oxygen atoms in total. The Hall–Kier alpha value is -2.16. The number of benzene rings is 2. The van der Waals surface area contributed by atoms with Crippen LogP contribution in [0.15, 0.2) is 59.5 Å². The smallest absolute Gasteiger partial charge is 0.183 e. The summed E-state index contributed by atoms with van der Waals surface area (Å²) in [4.78, 5) is 0.257. The van der Waals surface area contributed by atoms with Crippen LogP contribution in [0.4, 0.5) is 0 Å². The van der Waals surface area contributed by atoms with Crippen molar-refractivity contribution in [1.82, 2.24) is 0 Å². The van der Waals surface area contributed by atoms with Crippen molar-refractivity contribution in [3.8, 4) is 6.07 Å². The lowest BCUT2D eigenvalue weighted by molar-refractivity contribution is 0.162. The largest absolute Gasteiger partial charge is 0.383 e. The first-order valence-electron chi connectivity index (χ1n) is 7.73. The van der Waals surface area contributed by atoms with Crippen LogP contribution < -0.4 is 0 Å². The van der Waals surface area contributed by atoms with Crippen LogP contribution >= 0.6 is 0 Å². The van der Waals surface area contributed by atoms with Crippen LogP contribution in [-0.2, 0) is 14.6 Å². The molecule has 0 N–H and O–H groups in total. The Labute approximate surface area is 142 Å². The molecule has 0 radical (unpaired) electrons. The zero-order chi connectivity index (χ0) is 17.4. The fourth-order valence-electron chi connectivity index (χ4n) is 3.44. The number of nitriles is 1. The summed E-state index contributed by atoms with van der Waals surface area (Å²) in [6.07, 6.45) is 0. The Balaban J connectivity index is 2.07. The maximum Gasteiger partial charge on any atom is 0.183 e. The van der Waals surface area contributed by atoms with Gasteiger partial charge in [0.25, 0.3) is 0 Å². The van der Waals surface area contributed by atoms with Gasteiger partial charge in [0.15, 0.2) is 9.84 Å². The molecule has 0 aromatic heterocycles. The fourth-order valence-corrected chi connectivity index (χ4v) is 5.75. The monoisotopic (exact) mass is 341 g/mol. The van der Waals surface area contributed by atoms with Crippen molar-refractivity contribution in [2.24, 2.45) is 5.41 Å². The van der Waals surface area contributed by atoms with Crippen LogP contribution in [0.5, 0.6) is 0 Å². The Bertz CT molecular complexity index is 869. The second kappa shape index (κ2) is 6.04. The normalized spacial score (nSPS) is 25.9. The van der Waals surface area contributed by atoms with Crippen LogP contribution in [0.2, 0.25) is 0 Å². The summed E-state index contributed by atoms with van der Waals surface area (Å²) in [7, 11) is -2.13. The highest BCUT2D eigenvalue weighted by molar-refractivity contribution is 7.92. The Morgan fingerprint density at radius 1 is 1.12 bits per heavy atom. The topological polar surface area (TPSA) is 67.2 Å². The molecule has 3 atom stereocenters. The van der Waals surface area contributed by atoms with Gasteiger partial charge >= 0.3 is 0 Å². The predicted octanol–water partition coefficient (Wildman–Crippen LogP) is 3.09. The van der Waals surface area contributed by atoms with E-state index in [9.17, 15) is 13.7 Å². The number of aryl methyl sites for hydroxylation is 1. The number of hydrogen-bond acceptors (Lipinski definition) is 4. The molecule has 3 rings (SSSR count). The molecule has 5 heteroatoms. The lowest BCUT2D eigenvalue weighted by atomic mass is 10.0. The standard InChI is InChI=1S/C19H19NO3S/c1-14-8-10-16(11-9-14)24(21,22)18-17(15-6-4-3-5-7-15)19(18,12-20)13-23-2/h3-11,17-18H,13H2,1-2H3/t17-,18+,19-/m1/s1. The van der Waals surface area contributed by atoms with Gasteiger partial charge in [-0.1, -0.05) is 48.0 Å². The number of rotatable bonds is 5. The minimum atomic E-state index is -3.62. The average Bonchev–Trinajstić information content (AvgIpc) is 3.26. The van der Waals surface area contributed by atoms with Crippen LogP contribution in [0.1, 0.15) is 17.0 Å². The molecule has 0 saturated heterocycles. The van der Waals surface area contributed by atoms with Gasteiger partial charge in [0.2, 0.25) is 0 Å². The predicted molar refractivity (Wildman–Crippen MR) is 91.3 cm³/mol. The maximum absolute atomic E-state index is 13.1. The SMILES string of the molecule is COC[C@]1(C#N)[C@H](c2ccccc2)[C@@H]1S(=O)(=O)c1ccc(C)cc1. The molecule has 0 amide bonds. The molecule has 0 spiro atoms. The second-order valence-corrected chi connectivity index (χ2v) is 8.32. The molecule has 124 valence electrons. The second-order valence-electron chi connectivity index (χ2n) is 6.25. The van der Waals surface area contributed by atoms with Crippen LogP contribution in [0, 0.1) is 23.7 Å². The van der Waals surface area contributed by atoms with Gasteiger partial charge in [0.05, 0.1) is 22.8 Å². The number of sulfone groups is 1. The van der Waals surface area contributed by atoms with E-state index in [0.29, 0.717) is 0 Å². The van der Waals surface area contributed by atoms with Crippen molar-refractivity contribution >= 4 is 9.84 Å². The highest BCUT2D eigenvalue weighted by atomic mass is 32.2. The van der Waals surface area contributed by atoms with Gasteiger partial charge in [-0.3, -0.25) is 0 Å². The van der Waals surface area contributed by atoms with Crippen molar-refractivity contribution < 1.29 is 13.2 Å². The molecule has 2 aromatic rings. The molecule has 24 heavy (non-hydrogen) atoms. The first-order chi connectivity index (χ1) is 11.5. The Morgan fingerprint density at radius 2 is 1.75 bits per heavy atom. The van der Waals surface area contributed by atoms with Crippen LogP contribution in [0.25, 0.3) is 0 Å². The third kappa shape index (κ3) is 2.52. The molecular weight excluding hydrogens is 322 g/mol. The minimum Gasteiger partial charge on any atom is -0.383 e. The summed E-state index contributed by atoms with van der Waals surface area (Å²) in [6, 6.07) is 18.3. The highest BCUT2D eigenvalue weighted by Gasteiger charge is 2.72. The summed E-state index contributed by atoms with van der Waals surface area (Å²) in [5, 5.41) is 8.96. The molecule has 1 fully saturated rings. The molecule has 0 heterocycles.